The first-order chi connectivity index (χ1) is 38.7. The Morgan fingerprint density at radius 3 is 0.938 bits per heavy atom. The number of phenolic OH excluding ortho intramolecular Hbond substituents is 2. The number of rotatable bonds is 9. The van der Waals surface area contributed by atoms with E-state index in [-0.39, 0.29) is 0 Å². The van der Waals surface area contributed by atoms with Crippen LogP contribution in [0.2, 0.25) is 0 Å². The lowest BCUT2D eigenvalue weighted by molar-refractivity contribution is 0.474. The van der Waals surface area contributed by atoms with E-state index in [0.29, 0.717) is 58.8 Å². The van der Waals surface area contributed by atoms with Crippen LogP contribution in [0, 0.1) is 0 Å². The van der Waals surface area contributed by atoms with Gasteiger partial charge in [-0.15, -0.1) is 0 Å². The molecular weight excluding hydrogens is 969 g/mol. The zero-order chi connectivity index (χ0) is 57.3. The molecule has 80 heavy (non-hydrogen) atoms. The summed E-state index contributed by atoms with van der Waals surface area (Å²) >= 11 is 0. The second-order valence-electron chi connectivity index (χ2n) is 22.8. The van der Waals surface area contributed by atoms with Crippen molar-refractivity contribution < 1.29 is 10.2 Å². The Balaban J connectivity index is 0.000000139. The van der Waals surface area contributed by atoms with Crippen LogP contribution in [0.1, 0.15) is 201 Å². The molecule has 0 bridgehead atoms. The smallest absolute Gasteiger partial charge is 0.115 e. The summed E-state index contributed by atoms with van der Waals surface area (Å²) in [5, 5.41) is 26.5. The van der Waals surface area contributed by atoms with Crippen molar-refractivity contribution in [1.82, 2.24) is 0 Å². The molecule has 414 valence electrons. The van der Waals surface area contributed by atoms with Crippen molar-refractivity contribution >= 4 is 32.3 Å². The first-order valence-corrected chi connectivity index (χ1v) is 29.9. The molecule has 2 N–H and O–H groups in total. The van der Waals surface area contributed by atoms with Crippen LogP contribution in [0.3, 0.4) is 0 Å². The predicted molar refractivity (Wildman–Crippen MR) is 348 cm³/mol. The average molecular weight is 1060 g/mol. The average Bonchev–Trinajstić information content (AvgIpc) is 4.07. The second kappa shape index (κ2) is 29.2. The second-order valence-corrected chi connectivity index (χ2v) is 22.8. The minimum absolute atomic E-state index is 0.344. The lowest BCUT2D eigenvalue weighted by Crippen LogP contribution is -1.95. The molecule has 2 aliphatic rings. The third-order valence-corrected chi connectivity index (χ3v) is 17.7. The van der Waals surface area contributed by atoms with Gasteiger partial charge in [0.1, 0.15) is 11.5 Å². The molecule has 0 saturated carbocycles. The maximum atomic E-state index is 9.01. The normalized spacial score (nSPS) is 16.9. The van der Waals surface area contributed by atoms with Crippen molar-refractivity contribution in [3.05, 3.63) is 263 Å². The molecule has 0 amide bonds. The Bertz CT molecular complexity index is 3230. The van der Waals surface area contributed by atoms with Crippen LogP contribution in [0.25, 0.3) is 43.4 Å². The Morgan fingerprint density at radius 1 is 0.287 bits per heavy atom. The lowest BCUT2D eigenvalue weighted by Gasteiger charge is -2.10. The van der Waals surface area contributed by atoms with Crippen LogP contribution in [0.15, 0.2) is 218 Å². The summed E-state index contributed by atoms with van der Waals surface area (Å²) in [5.74, 6) is 5.91. The monoisotopic (exact) mass is 1060 g/mol. The number of fused-ring (bicyclic) bond motifs is 1. The van der Waals surface area contributed by atoms with Crippen molar-refractivity contribution in [1.29, 1.82) is 0 Å². The van der Waals surface area contributed by atoms with Crippen molar-refractivity contribution in [3.63, 3.8) is 0 Å². The topological polar surface area (TPSA) is 40.5 Å². The summed E-state index contributed by atoms with van der Waals surface area (Å²) in [6, 6.07) is 76.3. The Morgan fingerprint density at radius 2 is 0.575 bits per heavy atom. The van der Waals surface area contributed by atoms with Crippen LogP contribution < -0.4 is 0 Å². The van der Waals surface area contributed by atoms with Crippen molar-refractivity contribution in [2.75, 3.05) is 0 Å². The highest BCUT2D eigenvalue weighted by molar-refractivity contribution is 5.93. The molecule has 0 fully saturated rings. The van der Waals surface area contributed by atoms with Gasteiger partial charge in [0.25, 0.3) is 0 Å². The van der Waals surface area contributed by atoms with E-state index in [9.17, 15) is 0 Å². The highest BCUT2D eigenvalue weighted by Gasteiger charge is 2.28. The molecule has 2 nitrogen and oxygen atoms in total. The summed E-state index contributed by atoms with van der Waals surface area (Å²) in [7, 11) is 0. The minimum atomic E-state index is 0.344. The van der Waals surface area contributed by atoms with Crippen LogP contribution >= 0.6 is 0 Å². The number of aromatic hydroxyl groups is 2. The molecule has 0 aromatic heterocycles. The van der Waals surface area contributed by atoms with E-state index in [4.69, 9.17) is 10.2 Å². The molecular formula is C78H90O2. The zero-order valence-corrected chi connectivity index (χ0v) is 50.1. The fourth-order valence-electron chi connectivity index (χ4n) is 11.1. The Hall–Kier alpha value is -7.42. The highest BCUT2D eigenvalue weighted by Crippen LogP contribution is 2.47. The van der Waals surface area contributed by atoms with Gasteiger partial charge in [0.15, 0.2) is 0 Å². The van der Waals surface area contributed by atoms with Gasteiger partial charge < -0.3 is 10.2 Å². The van der Waals surface area contributed by atoms with E-state index < -0.39 is 0 Å². The Kier molecular flexibility index (Phi) is 22.0. The van der Waals surface area contributed by atoms with Crippen LogP contribution in [-0.2, 0) is 0 Å². The maximum absolute atomic E-state index is 9.01. The molecule has 10 aromatic rings. The number of hydrogen-bond donors (Lipinski definition) is 2. The standard InChI is InChI=1S/C16H18.2C14H14.C14H16.2C10H14O/c1-3-13(2)14-9-11-16(12-10-14)15-7-5-4-6-8-15;2*1-9-10(2)13-8-4-6-11-5-3-7-12(9)14(11)13;1-3-11(2)13-9-8-12-6-4-5-7-14(12)10-13;2*1-3-8(2)9-4-6-10(11)7-5-9/h4-13H,3H2,1-2H3;2*3-10H,1-2H3;4-11H,3H2,1-2H3;2*4-8,11H,3H2,1-2H3. The van der Waals surface area contributed by atoms with Gasteiger partial charge in [-0.1, -0.05) is 277 Å². The van der Waals surface area contributed by atoms with Crippen LogP contribution in [-0.4, -0.2) is 10.2 Å². The molecule has 0 aliphatic heterocycles. The fraction of sp³-hybridized carbons (Fsp3) is 0.308. The molecule has 10 aromatic carbocycles. The van der Waals surface area contributed by atoms with E-state index in [0.717, 1.165) is 12.8 Å². The summed E-state index contributed by atoms with van der Waals surface area (Å²) in [4.78, 5) is 0. The van der Waals surface area contributed by atoms with Crippen molar-refractivity contribution in [2.24, 2.45) is 0 Å². The summed E-state index contributed by atoms with van der Waals surface area (Å²) in [5.41, 5.74) is 14.2. The molecule has 0 heterocycles. The fourth-order valence-corrected chi connectivity index (χ4v) is 11.1. The predicted octanol–water partition coefficient (Wildman–Crippen LogP) is 23.2. The number of benzene rings is 10. The van der Waals surface area contributed by atoms with Gasteiger partial charge in [0.2, 0.25) is 0 Å². The molecule has 0 spiro atoms. The minimum Gasteiger partial charge on any atom is -0.508 e. The molecule has 2 aliphatic carbocycles. The third-order valence-electron chi connectivity index (χ3n) is 17.7. The number of phenols is 2. The molecule has 2 heteroatoms. The van der Waals surface area contributed by atoms with Gasteiger partial charge in [0.05, 0.1) is 0 Å². The maximum Gasteiger partial charge on any atom is 0.115 e. The molecule has 0 saturated heterocycles. The highest BCUT2D eigenvalue weighted by atomic mass is 16.3. The van der Waals surface area contributed by atoms with E-state index in [1.807, 2.05) is 24.3 Å². The van der Waals surface area contributed by atoms with Gasteiger partial charge in [0, 0.05) is 0 Å². The first kappa shape index (κ1) is 60.2. The summed E-state index contributed by atoms with van der Waals surface area (Å²) in [6.07, 6.45) is 4.69. The van der Waals surface area contributed by atoms with E-state index in [1.54, 1.807) is 24.3 Å². The van der Waals surface area contributed by atoms with Gasteiger partial charge >= 0.3 is 0 Å². The lowest BCUT2D eigenvalue weighted by atomic mass is 9.94. The van der Waals surface area contributed by atoms with Gasteiger partial charge in [-0.05, 0) is 185 Å². The zero-order valence-electron chi connectivity index (χ0n) is 50.1. The first-order valence-electron chi connectivity index (χ1n) is 29.9. The SMILES string of the molecule is CC1c2cccc3cccc(c23)C1C.CC1c2cccc3cccc(c23)C1C.CCC(C)c1ccc(-c2ccccc2)cc1.CCC(C)c1ccc(O)cc1.CCC(C)c1ccc(O)cc1.CCC(C)c1ccc2ccccc2c1. The van der Waals surface area contributed by atoms with Gasteiger partial charge in [-0.25, -0.2) is 0 Å². The van der Waals surface area contributed by atoms with Crippen LogP contribution in [0.4, 0.5) is 0 Å². The number of hydrogen-bond acceptors (Lipinski definition) is 2. The molecule has 8 unspecified atom stereocenters. The largest absolute Gasteiger partial charge is 0.508 e. The third kappa shape index (κ3) is 15.1. The summed E-state index contributed by atoms with van der Waals surface area (Å²) in [6.45, 7) is 27.1. The molecule has 0 radical (unpaired) electrons. The van der Waals surface area contributed by atoms with Crippen LogP contribution in [0.5, 0.6) is 11.5 Å². The molecule has 8 atom stereocenters. The van der Waals surface area contributed by atoms with Gasteiger partial charge in [-0.2, -0.15) is 0 Å². The van der Waals surface area contributed by atoms with E-state index in [1.165, 1.54) is 101 Å². The quantitative estimate of drug-likeness (QED) is 0.151. The van der Waals surface area contributed by atoms with E-state index in [2.05, 4.69) is 253 Å². The van der Waals surface area contributed by atoms with Crippen molar-refractivity contribution in [2.45, 2.75) is 156 Å². The van der Waals surface area contributed by atoms with E-state index >= 15 is 0 Å². The van der Waals surface area contributed by atoms with Crippen molar-refractivity contribution in [3.8, 4) is 22.6 Å². The molecule has 12 rings (SSSR count). The van der Waals surface area contributed by atoms with Gasteiger partial charge in [-0.3, -0.25) is 0 Å². The summed E-state index contributed by atoms with van der Waals surface area (Å²) < 4.78 is 0. The Labute approximate surface area is 481 Å².